The van der Waals surface area contributed by atoms with Crippen molar-refractivity contribution in [1.82, 2.24) is 5.32 Å². The minimum atomic E-state index is -0.240. The van der Waals surface area contributed by atoms with Crippen LogP contribution in [0.1, 0.15) is 32.1 Å². The highest BCUT2D eigenvalue weighted by Crippen LogP contribution is 2.29. The molecule has 4 heteroatoms. The highest BCUT2D eigenvalue weighted by atomic mass is 32.2. The normalized spacial score (nSPS) is 18.0. The van der Waals surface area contributed by atoms with E-state index in [9.17, 15) is 4.79 Å². The van der Waals surface area contributed by atoms with Gasteiger partial charge in [0.15, 0.2) is 0 Å². The smallest absolute Gasteiger partial charge is 0.221 e. The van der Waals surface area contributed by atoms with Crippen molar-refractivity contribution in [2.75, 3.05) is 18.1 Å². The van der Waals surface area contributed by atoms with E-state index in [4.69, 9.17) is 12.2 Å². The van der Waals surface area contributed by atoms with Crippen LogP contribution in [-0.2, 0) is 4.79 Å². The molecule has 0 bridgehead atoms. The average Bonchev–Trinajstić information content (AvgIpc) is 2.64. The third-order valence-electron chi connectivity index (χ3n) is 2.87. The van der Waals surface area contributed by atoms with E-state index in [-0.39, 0.29) is 11.4 Å². The lowest BCUT2D eigenvalue weighted by Gasteiger charge is -2.22. The first-order valence-corrected chi connectivity index (χ1v) is 6.88. The van der Waals surface area contributed by atoms with Crippen LogP contribution in [0.25, 0.3) is 0 Å². The van der Waals surface area contributed by atoms with Crippen molar-refractivity contribution in [3.63, 3.8) is 0 Å². The van der Waals surface area contributed by atoms with Gasteiger partial charge in [-0.05, 0) is 12.8 Å². The lowest BCUT2D eigenvalue weighted by atomic mass is 9.94. The molecule has 0 unspecified atom stereocenters. The van der Waals surface area contributed by atoms with Crippen LogP contribution in [0, 0.1) is 12.3 Å². The van der Waals surface area contributed by atoms with Crippen LogP contribution in [0.2, 0.25) is 0 Å². The molecular weight excluding hydrogens is 220 g/mol. The first-order valence-electron chi connectivity index (χ1n) is 5.73. The maximum absolute atomic E-state index is 11.6. The predicted molar refractivity (Wildman–Crippen MR) is 69.2 cm³/mol. The van der Waals surface area contributed by atoms with E-state index < -0.39 is 0 Å². The molecule has 1 aliphatic carbocycles. The molecule has 16 heavy (non-hydrogen) atoms. The van der Waals surface area contributed by atoms with E-state index in [2.05, 4.69) is 11.2 Å². The van der Waals surface area contributed by atoms with Crippen LogP contribution in [0.15, 0.2) is 0 Å². The van der Waals surface area contributed by atoms with Crippen molar-refractivity contribution >= 4 is 17.7 Å². The topological polar surface area (TPSA) is 55.1 Å². The van der Waals surface area contributed by atoms with Gasteiger partial charge in [-0.25, -0.2) is 0 Å². The number of hydrogen-bond donors (Lipinski definition) is 2. The summed E-state index contributed by atoms with van der Waals surface area (Å²) in [7, 11) is 0. The summed E-state index contributed by atoms with van der Waals surface area (Å²) in [4.78, 5) is 11.6. The largest absolute Gasteiger partial charge is 0.355 e. The molecule has 0 aromatic heterocycles. The maximum atomic E-state index is 11.6. The summed E-state index contributed by atoms with van der Waals surface area (Å²) in [6, 6.07) is 0. The van der Waals surface area contributed by atoms with E-state index >= 15 is 0 Å². The van der Waals surface area contributed by atoms with Gasteiger partial charge in [0.1, 0.15) is 0 Å². The van der Waals surface area contributed by atoms with Crippen molar-refractivity contribution < 1.29 is 4.79 Å². The fourth-order valence-corrected chi connectivity index (χ4v) is 2.54. The van der Waals surface area contributed by atoms with Crippen LogP contribution in [0.3, 0.4) is 0 Å². The standard InChI is InChI=1S/C12H20N2OS/c1-2-8-16-9-7-14-11(15)10-12(13)5-3-4-6-12/h1H,3-10,13H2,(H,14,15). The quantitative estimate of drug-likeness (QED) is 0.540. The molecule has 1 aliphatic rings. The van der Waals surface area contributed by atoms with Crippen LogP contribution in [-0.4, -0.2) is 29.5 Å². The Morgan fingerprint density at radius 2 is 2.19 bits per heavy atom. The number of carbonyl (C=O) groups is 1. The zero-order valence-corrected chi connectivity index (χ0v) is 10.4. The van der Waals surface area contributed by atoms with Crippen molar-refractivity contribution in [3.05, 3.63) is 0 Å². The predicted octanol–water partition coefficient (Wildman–Crippen LogP) is 1.13. The van der Waals surface area contributed by atoms with E-state index in [0.717, 1.165) is 31.4 Å². The molecule has 3 N–H and O–H groups in total. The minimum Gasteiger partial charge on any atom is -0.355 e. The summed E-state index contributed by atoms with van der Waals surface area (Å²) < 4.78 is 0. The van der Waals surface area contributed by atoms with Gasteiger partial charge in [-0.3, -0.25) is 4.79 Å². The monoisotopic (exact) mass is 240 g/mol. The summed E-state index contributed by atoms with van der Waals surface area (Å²) >= 11 is 1.65. The number of rotatable bonds is 6. The van der Waals surface area contributed by atoms with E-state index in [1.165, 1.54) is 0 Å². The molecule has 90 valence electrons. The number of terminal acetylenes is 1. The maximum Gasteiger partial charge on any atom is 0.221 e. The number of hydrogen-bond acceptors (Lipinski definition) is 3. The highest BCUT2D eigenvalue weighted by molar-refractivity contribution is 7.99. The SMILES string of the molecule is C#CCSCCNC(=O)CC1(N)CCCC1. The van der Waals surface area contributed by atoms with Crippen molar-refractivity contribution in [1.29, 1.82) is 0 Å². The Kier molecular flexibility index (Phi) is 5.72. The summed E-state index contributed by atoms with van der Waals surface area (Å²) in [5, 5.41) is 2.89. The van der Waals surface area contributed by atoms with Gasteiger partial charge in [-0.2, -0.15) is 0 Å². The number of thioether (sulfide) groups is 1. The molecule has 0 aromatic rings. The first kappa shape index (κ1) is 13.4. The molecule has 0 aliphatic heterocycles. The van der Waals surface area contributed by atoms with E-state index in [0.29, 0.717) is 18.7 Å². The molecule has 1 fully saturated rings. The molecule has 0 saturated heterocycles. The van der Waals surface area contributed by atoms with Gasteiger partial charge < -0.3 is 11.1 Å². The second-order valence-electron chi connectivity index (χ2n) is 4.35. The molecule has 3 nitrogen and oxygen atoms in total. The van der Waals surface area contributed by atoms with Crippen molar-refractivity contribution in [2.24, 2.45) is 5.73 Å². The second-order valence-corrected chi connectivity index (χ2v) is 5.46. The van der Waals surface area contributed by atoms with Gasteiger partial charge in [0.2, 0.25) is 5.91 Å². The minimum absolute atomic E-state index is 0.0747. The molecule has 0 radical (unpaired) electrons. The summed E-state index contributed by atoms with van der Waals surface area (Å²) in [6.07, 6.45) is 9.85. The number of nitrogens with one attached hydrogen (secondary N) is 1. The highest BCUT2D eigenvalue weighted by Gasteiger charge is 2.31. The Morgan fingerprint density at radius 3 is 2.81 bits per heavy atom. The Hall–Kier alpha value is -0.660. The van der Waals surface area contributed by atoms with E-state index in [1.807, 2.05) is 0 Å². The van der Waals surface area contributed by atoms with E-state index in [1.54, 1.807) is 11.8 Å². The molecule has 0 spiro atoms. The second kappa shape index (κ2) is 6.82. The zero-order chi connectivity index (χ0) is 11.9. The first-order chi connectivity index (χ1) is 7.66. The van der Waals surface area contributed by atoms with Gasteiger partial charge in [0.25, 0.3) is 0 Å². The molecule has 1 amide bonds. The number of amides is 1. The molecule has 1 saturated carbocycles. The Bertz CT molecular complexity index is 267. The molecule has 0 heterocycles. The fourth-order valence-electron chi connectivity index (χ4n) is 2.03. The lowest BCUT2D eigenvalue weighted by molar-refractivity contribution is -0.122. The van der Waals surface area contributed by atoms with Crippen LogP contribution in [0.4, 0.5) is 0 Å². The summed E-state index contributed by atoms with van der Waals surface area (Å²) in [5.41, 5.74) is 5.88. The number of carbonyl (C=O) groups excluding carboxylic acids is 1. The van der Waals surface area contributed by atoms with Gasteiger partial charge in [-0.15, -0.1) is 18.2 Å². The van der Waals surface area contributed by atoms with Crippen LogP contribution < -0.4 is 11.1 Å². The van der Waals surface area contributed by atoms with Crippen molar-refractivity contribution in [3.8, 4) is 12.3 Å². The lowest BCUT2D eigenvalue weighted by Crippen LogP contribution is -2.42. The molecule has 0 aromatic carbocycles. The summed E-state index contributed by atoms with van der Waals surface area (Å²) in [5.74, 6) is 4.20. The zero-order valence-electron chi connectivity index (χ0n) is 9.63. The van der Waals surface area contributed by atoms with Gasteiger partial charge in [0, 0.05) is 24.3 Å². The van der Waals surface area contributed by atoms with Gasteiger partial charge >= 0.3 is 0 Å². The third-order valence-corrected chi connectivity index (χ3v) is 3.73. The van der Waals surface area contributed by atoms with Gasteiger partial charge in [-0.1, -0.05) is 18.8 Å². The van der Waals surface area contributed by atoms with Crippen LogP contribution >= 0.6 is 11.8 Å². The van der Waals surface area contributed by atoms with Gasteiger partial charge in [0.05, 0.1) is 5.75 Å². The Morgan fingerprint density at radius 1 is 1.50 bits per heavy atom. The fraction of sp³-hybridized carbons (Fsp3) is 0.750. The number of nitrogens with two attached hydrogens (primary N) is 1. The summed E-state index contributed by atoms with van der Waals surface area (Å²) in [6.45, 7) is 0.682. The Balaban J connectivity index is 2.09. The average molecular weight is 240 g/mol. The molecule has 0 atom stereocenters. The molecular formula is C12H20N2OS. The van der Waals surface area contributed by atoms with Crippen LogP contribution in [0.5, 0.6) is 0 Å². The Labute approximate surface area is 102 Å². The van der Waals surface area contributed by atoms with Crippen molar-refractivity contribution in [2.45, 2.75) is 37.6 Å². The third kappa shape index (κ3) is 4.91. The molecule has 1 rings (SSSR count).